The lowest BCUT2D eigenvalue weighted by atomic mass is 9.99. The van der Waals surface area contributed by atoms with Crippen molar-refractivity contribution in [3.05, 3.63) is 84.6 Å². The number of fused-ring (bicyclic) bond motifs is 1. The van der Waals surface area contributed by atoms with Crippen LogP contribution in [0, 0.1) is 5.82 Å². The molecule has 7 rings (SSSR count). The fourth-order valence-corrected chi connectivity index (χ4v) is 6.45. The van der Waals surface area contributed by atoms with Crippen molar-refractivity contribution in [3.63, 3.8) is 0 Å². The summed E-state index contributed by atoms with van der Waals surface area (Å²) in [5.41, 5.74) is 12.3. The third-order valence-corrected chi connectivity index (χ3v) is 8.63. The van der Waals surface area contributed by atoms with E-state index in [0.29, 0.717) is 44.2 Å². The molecule has 43 heavy (non-hydrogen) atoms. The molecule has 3 aromatic heterocycles. The molecule has 1 amide bonds. The van der Waals surface area contributed by atoms with Crippen molar-refractivity contribution >= 4 is 22.9 Å². The molecule has 2 aromatic carbocycles. The summed E-state index contributed by atoms with van der Waals surface area (Å²) >= 11 is 0. The highest BCUT2D eigenvalue weighted by atomic mass is 19.1. The molecule has 0 saturated carbocycles. The zero-order valence-corrected chi connectivity index (χ0v) is 23.9. The maximum Gasteiger partial charge on any atom is 0.219 e. The van der Waals surface area contributed by atoms with Gasteiger partial charge in [0.1, 0.15) is 17.7 Å². The Kier molecular flexibility index (Phi) is 7.02. The molecule has 0 aliphatic carbocycles. The van der Waals surface area contributed by atoms with Crippen LogP contribution in [-0.4, -0.2) is 68.0 Å². The van der Waals surface area contributed by atoms with Crippen LogP contribution in [0.25, 0.3) is 28.0 Å². The molecular formula is C32H33FN8O2. The van der Waals surface area contributed by atoms with Gasteiger partial charge in [0, 0.05) is 68.3 Å². The van der Waals surface area contributed by atoms with Gasteiger partial charge in [0.15, 0.2) is 5.82 Å². The Bertz CT molecular complexity index is 1790. The third-order valence-electron chi connectivity index (χ3n) is 8.63. The van der Waals surface area contributed by atoms with Crippen molar-refractivity contribution in [3.8, 4) is 22.5 Å². The van der Waals surface area contributed by atoms with Crippen LogP contribution in [0.3, 0.4) is 0 Å². The number of amides is 1. The summed E-state index contributed by atoms with van der Waals surface area (Å²) in [4.78, 5) is 20.6. The van der Waals surface area contributed by atoms with E-state index in [-0.39, 0.29) is 23.8 Å². The van der Waals surface area contributed by atoms with E-state index in [1.165, 1.54) is 12.4 Å². The van der Waals surface area contributed by atoms with E-state index in [0.717, 1.165) is 46.6 Å². The first-order chi connectivity index (χ1) is 21.0. The van der Waals surface area contributed by atoms with Gasteiger partial charge in [-0.3, -0.25) is 9.48 Å². The molecule has 0 bridgehead atoms. The Hall–Kier alpha value is -4.77. The van der Waals surface area contributed by atoms with Gasteiger partial charge in [-0.15, -0.1) is 0 Å². The molecule has 10 nitrogen and oxygen atoms in total. The molecule has 11 heteroatoms. The van der Waals surface area contributed by atoms with E-state index >= 15 is 4.39 Å². The zero-order valence-electron chi connectivity index (χ0n) is 23.9. The second-order valence-electron chi connectivity index (χ2n) is 11.1. The normalized spacial score (nSPS) is 18.0. The van der Waals surface area contributed by atoms with E-state index in [4.69, 9.17) is 10.5 Å². The maximum atomic E-state index is 15.1. The average molecular weight is 581 g/mol. The summed E-state index contributed by atoms with van der Waals surface area (Å²) in [6.07, 6.45) is 5.06. The number of anilines is 2. The molecule has 2 N–H and O–H groups in total. The summed E-state index contributed by atoms with van der Waals surface area (Å²) < 4.78 is 24.6. The summed E-state index contributed by atoms with van der Waals surface area (Å²) in [7, 11) is 0. The highest BCUT2D eigenvalue weighted by Crippen LogP contribution is 2.39. The predicted octanol–water partition coefficient (Wildman–Crippen LogP) is 4.74. The smallest absolute Gasteiger partial charge is 0.219 e. The number of rotatable bonds is 5. The molecule has 5 heterocycles. The predicted molar refractivity (Wildman–Crippen MR) is 162 cm³/mol. The number of nitrogens with two attached hydrogens (primary N) is 1. The number of ether oxygens (including phenoxy) is 1. The molecule has 1 unspecified atom stereocenters. The van der Waals surface area contributed by atoms with Crippen LogP contribution in [0.5, 0.6) is 0 Å². The maximum absolute atomic E-state index is 15.1. The number of nitrogen functional groups attached to an aromatic ring is 1. The second kappa shape index (κ2) is 11.1. The van der Waals surface area contributed by atoms with Gasteiger partial charge >= 0.3 is 0 Å². The van der Waals surface area contributed by atoms with Gasteiger partial charge in [-0.2, -0.15) is 10.2 Å². The Balaban J connectivity index is 1.31. The highest BCUT2D eigenvalue weighted by Gasteiger charge is 2.32. The molecule has 2 fully saturated rings. The van der Waals surface area contributed by atoms with Gasteiger partial charge in [-0.05, 0) is 43.2 Å². The number of hydrogen-bond acceptors (Lipinski definition) is 7. The Morgan fingerprint density at radius 1 is 1.00 bits per heavy atom. The molecule has 220 valence electrons. The lowest BCUT2D eigenvalue weighted by molar-refractivity contribution is -0.129. The van der Waals surface area contributed by atoms with E-state index in [1.807, 2.05) is 41.0 Å². The van der Waals surface area contributed by atoms with Crippen LogP contribution >= 0.6 is 0 Å². The molecule has 1 atom stereocenters. The highest BCUT2D eigenvalue weighted by molar-refractivity contribution is 5.91. The topological polar surface area (TPSA) is 107 Å². The quantitative estimate of drug-likeness (QED) is 0.320. The third kappa shape index (κ3) is 4.89. The van der Waals surface area contributed by atoms with E-state index in [1.54, 1.807) is 24.0 Å². The van der Waals surface area contributed by atoms with Crippen molar-refractivity contribution in [2.45, 2.75) is 31.8 Å². The van der Waals surface area contributed by atoms with Crippen molar-refractivity contribution in [2.24, 2.45) is 0 Å². The molecule has 0 spiro atoms. The summed E-state index contributed by atoms with van der Waals surface area (Å²) in [6.45, 7) is 4.51. The van der Waals surface area contributed by atoms with E-state index in [9.17, 15) is 4.79 Å². The van der Waals surface area contributed by atoms with Gasteiger partial charge in [-0.25, -0.2) is 13.9 Å². The number of hydrogen-bond donors (Lipinski definition) is 1. The Morgan fingerprint density at radius 3 is 2.65 bits per heavy atom. The number of benzene rings is 2. The largest absolute Gasteiger partial charge is 0.382 e. The van der Waals surface area contributed by atoms with Gasteiger partial charge in [0.05, 0.1) is 23.5 Å². The number of carbonyl (C=O) groups is 1. The lowest BCUT2D eigenvalue weighted by Gasteiger charge is -2.43. The molecular weight excluding hydrogens is 547 g/mol. The number of halogens is 1. The van der Waals surface area contributed by atoms with Crippen molar-refractivity contribution < 1.29 is 13.9 Å². The first-order valence-electron chi connectivity index (χ1n) is 14.6. The minimum Gasteiger partial charge on any atom is -0.382 e. The van der Waals surface area contributed by atoms with Crippen LogP contribution < -0.4 is 10.6 Å². The Labute approximate surface area is 248 Å². The van der Waals surface area contributed by atoms with Crippen LogP contribution in [-0.2, 0) is 9.53 Å². The summed E-state index contributed by atoms with van der Waals surface area (Å²) in [5.74, 6) is 0.0842. The molecule has 2 aliphatic rings. The molecule has 0 radical (unpaired) electrons. The number of piperazine rings is 1. The van der Waals surface area contributed by atoms with Crippen LogP contribution in [0.1, 0.15) is 37.4 Å². The molecule has 5 aromatic rings. The average Bonchev–Trinajstić information content (AvgIpc) is 3.68. The van der Waals surface area contributed by atoms with Crippen molar-refractivity contribution in [2.75, 3.05) is 43.5 Å². The van der Waals surface area contributed by atoms with Crippen molar-refractivity contribution in [1.82, 2.24) is 29.3 Å². The minimum atomic E-state index is -0.333. The van der Waals surface area contributed by atoms with Crippen LogP contribution in [0.15, 0.2) is 73.2 Å². The minimum absolute atomic E-state index is 0.0146. The van der Waals surface area contributed by atoms with Crippen LogP contribution in [0.4, 0.5) is 15.9 Å². The van der Waals surface area contributed by atoms with Gasteiger partial charge in [0.2, 0.25) is 5.91 Å². The molecule has 2 aliphatic heterocycles. The second-order valence-corrected chi connectivity index (χ2v) is 11.1. The summed E-state index contributed by atoms with van der Waals surface area (Å²) in [6, 6.07) is 18.9. The fourth-order valence-electron chi connectivity index (χ4n) is 6.45. The van der Waals surface area contributed by atoms with Crippen molar-refractivity contribution in [1.29, 1.82) is 0 Å². The standard InChI is InChI=1S/C32H33FN8O2/c1-21(42)38-13-14-39(30(19-38)25-7-2-3-8-27(25)33)24-6-4-5-22(17-24)29-18-26(31-32(34)35-20-37-41(29)31)28-9-12-36-40(28)23-10-15-43-16-11-23/h2-9,12,17-18,20,23,30H,10-11,13-16,19H2,1H3,(H2,34,35,37). The van der Waals surface area contributed by atoms with Gasteiger partial charge in [0.25, 0.3) is 0 Å². The Morgan fingerprint density at radius 2 is 1.84 bits per heavy atom. The first-order valence-corrected chi connectivity index (χ1v) is 14.6. The number of nitrogens with zero attached hydrogens (tertiary/aromatic N) is 7. The SMILES string of the molecule is CC(=O)N1CCN(c2cccc(-c3cc(-c4ccnn4C4CCOCC4)c4c(N)ncnn34)c2)C(c2ccccc2F)C1. The number of carbonyl (C=O) groups excluding carboxylic acids is 1. The fraction of sp³-hybridized carbons (Fsp3) is 0.312. The van der Waals surface area contributed by atoms with Crippen LogP contribution in [0.2, 0.25) is 0 Å². The monoisotopic (exact) mass is 580 g/mol. The lowest BCUT2D eigenvalue weighted by Crippen LogP contribution is -2.50. The van der Waals surface area contributed by atoms with E-state index in [2.05, 4.69) is 36.9 Å². The zero-order chi connectivity index (χ0) is 29.5. The molecule has 2 saturated heterocycles. The first kappa shape index (κ1) is 27.1. The van der Waals surface area contributed by atoms with Gasteiger partial charge < -0.3 is 20.3 Å². The van der Waals surface area contributed by atoms with Gasteiger partial charge in [-0.1, -0.05) is 30.3 Å². The summed E-state index contributed by atoms with van der Waals surface area (Å²) in [5, 5.41) is 9.28. The van der Waals surface area contributed by atoms with E-state index < -0.39 is 0 Å². The number of aromatic nitrogens is 5.